The molecular weight excluding hydrogens is 196 g/mol. The van der Waals surface area contributed by atoms with Gasteiger partial charge in [0.1, 0.15) is 0 Å². The largest absolute Gasteiger partial charge is 0.311 e. The molecule has 1 saturated carbocycles. The molecule has 2 nitrogen and oxygen atoms in total. The van der Waals surface area contributed by atoms with Gasteiger partial charge in [-0.15, -0.1) is 0 Å². The van der Waals surface area contributed by atoms with Crippen molar-refractivity contribution in [2.24, 2.45) is 5.41 Å². The third kappa shape index (κ3) is 2.60. The van der Waals surface area contributed by atoms with E-state index in [0.717, 1.165) is 18.1 Å². The Morgan fingerprint density at radius 1 is 1.25 bits per heavy atom. The van der Waals surface area contributed by atoms with Crippen LogP contribution in [0.1, 0.15) is 52.9 Å². The average molecular weight is 224 g/mol. The minimum absolute atomic E-state index is 0.520. The molecule has 3 atom stereocenters. The summed E-state index contributed by atoms with van der Waals surface area (Å²) in [5, 5.41) is 3.93. The van der Waals surface area contributed by atoms with E-state index in [1.807, 2.05) is 0 Å². The van der Waals surface area contributed by atoms with Gasteiger partial charge in [-0.05, 0) is 51.6 Å². The maximum atomic E-state index is 3.93. The molecule has 2 rings (SSSR count). The predicted octanol–water partition coefficient (Wildman–Crippen LogP) is 2.64. The van der Waals surface area contributed by atoms with Gasteiger partial charge in [0, 0.05) is 18.1 Å². The van der Waals surface area contributed by atoms with Gasteiger partial charge in [0.05, 0.1) is 0 Å². The van der Waals surface area contributed by atoms with Crippen LogP contribution in [0.3, 0.4) is 0 Å². The lowest BCUT2D eigenvalue weighted by atomic mass is 9.86. The van der Waals surface area contributed by atoms with E-state index >= 15 is 0 Å². The van der Waals surface area contributed by atoms with Crippen LogP contribution in [0.4, 0.5) is 0 Å². The van der Waals surface area contributed by atoms with E-state index < -0.39 is 0 Å². The van der Waals surface area contributed by atoms with E-state index in [1.54, 1.807) is 0 Å². The van der Waals surface area contributed by atoms with Crippen LogP contribution in [0.25, 0.3) is 0 Å². The summed E-state index contributed by atoms with van der Waals surface area (Å²) in [6.45, 7) is 8.46. The Labute approximate surface area is 101 Å². The van der Waals surface area contributed by atoms with Gasteiger partial charge in [0.25, 0.3) is 0 Å². The second-order valence-electron chi connectivity index (χ2n) is 6.65. The molecule has 16 heavy (non-hydrogen) atoms. The number of likely N-dealkylation sites (tertiary alicyclic amines) is 1. The van der Waals surface area contributed by atoms with E-state index in [4.69, 9.17) is 0 Å². The van der Waals surface area contributed by atoms with Gasteiger partial charge in [-0.2, -0.15) is 0 Å². The van der Waals surface area contributed by atoms with Crippen molar-refractivity contribution in [2.45, 2.75) is 71.0 Å². The maximum Gasteiger partial charge on any atom is 0.0121 e. The molecule has 1 aliphatic carbocycles. The van der Waals surface area contributed by atoms with Crippen molar-refractivity contribution < 1.29 is 0 Å². The van der Waals surface area contributed by atoms with Crippen LogP contribution in [0.2, 0.25) is 0 Å². The number of nitrogens with zero attached hydrogens (tertiary/aromatic N) is 1. The highest BCUT2D eigenvalue weighted by Gasteiger charge is 2.36. The third-order valence-corrected chi connectivity index (χ3v) is 4.90. The third-order valence-electron chi connectivity index (χ3n) is 4.90. The molecule has 0 radical (unpaired) electrons. The van der Waals surface area contributed by atoms with Crippen molar-refractivity contribution in [3.8, 4) is 0 Å². The molecule has 1 N–H and O–H groups in total. The molecule has 1 heterocycles. The van der Waals surface area contributed by atoms with E-state index in [9.17, 15) is 0 Å². The summed E-state index contributed by atoms with van der Waals surface area (Å²) in [5.41, 5.74) is 0.520. The zero-order valence-electron chi connectivity index (χ0n) is 11.4. The molecule has 0 aromatic rings. The smallest absolute Gasteiger partial charge is 0.0121 e. The summed E-state index contributed by atoms with van der Waals surface area (Å²) in [7, 11) is 2.25. The molecule has 0 aromatic carbocycles. The molecule has 0 amide bonds. The molecule has 94 valence electrons. The van der Waals surface area contributed by atoms with Crippen LogP contribution in [0, 0.1) is 5.41 Å². The van der Waals surface area contributed by atoms with Crippen LogP contribution in [-0.2, 0) is 0 Å². The monoisotopic (exact) mass is 224 g/mol. The van der Waals surface area contributed by atoms with Crippen LogP contribution >= 0.6 is 0 Å². The molecule has 0 bridgehead atoms. The molecule has 1 aliphatic heterocycles. The van der Waals surface area contributed by atoms with Gasteiger partial charge >= 0.3 is 0 Å². The fourth-order valence-electron chi connectivity index (χ4n) is 3.36. The average Bonchev–Trinajstić information content (AvgIpc) is 2.52. The summed E-state index contributed by atoms with van der Waals surface area (Å²) in [5.74, 6) is 0. The quantitative estimate of drug-likeness (QED) is 0.776. The summed E-state index contributed by atoms with van der Waals surface area (Å²) in [6.07, 6.45) is 6.84. The summed E-state index contributed by atoms with van der Waals surface area (Å²) >= 11 is 0. The van der Waals surface area contributed by atoms with E-state index in [0.29, 0.717) is 5.41 Å². The normalized spacial score (nSPS) is 40.1. The van der Waals surface area contributed by atoms with E-state index in [1.165, 1.54) is 38.6 Å². The first-order chi connectivity index (χ1) is 7.49. The molecule has 0 aromatic heterocycles. The number of rotatable bonds is 2. The lowest BCUT2D eigenvalue weighted by molar-refractivity contribution is 0.147. The van der Waals surface area contributed by atoms with E-state index in [-0.39, 0.29) is 0 Å². The SMILES string of the molecule is CC1CC(NC2CCCC2(C)C)CCN1C. The Kier molecular flexibility index (Phi) is 3.60. The van der Waals surface area contributed by atoms with Crippen LogP contribution in [-0.4, -0.2) is 36.6 Å². The molecule has 2 heteroatoms. The minimum Gasteiger partial charge on any atom is -0.311 e. The zero-order chi connectivity index (χ0) is 11.8. The second-order valence-corrected chi connectivity index (χ2v) is 6.65. The van der Waals surface area contributed by atoms with Crippen LogP contribution in [0.15, 0.2) is 0 Å². The first-order valence-electron chi connectivity index (χ1n) is 6.95. The molecule has 2 aliphatic rings. The van der Waals surface area contributed by atoms with Crippen molar-refractivity contribution in [2.75, 3.05) is 13.6 Å². The Balaban J connectivity index is 1.86. The van der Waals surface area contributed by atoms with Crippen molar-refractivity contribution in [3.63, 3.8) is 0 Å². The standard InChI is InChI=1S/C14H28N2/c1-11-10-12(7-9-16(11)4)15-13-6-5-8-14(13,2)3/h11-13,15H,5-10H2,1-4H3. The summed E-state index contributed by atoms with van der Waals surface area (Å²) in [4.78, 5) is 2.48. The van der Waals surface area contributed by atoms with Crippen molar-refractivity contribution in [3.05, 3.63) is 0 Å². The predicted molar refractivity (Wildman–Crippen MR) is 69.7 cm³/mol. The van der Waals surface area contributed by atoms with Gasteiger partial charge in [0.2, 0.25) is 0 Å². The number of hydrogen-bond donors (Lipinski definition) is 1. The van der Waals surface area contributed by atoms with Crippen molar-refractivity contribution in [1.29, 1.82) is 0 Å². The Bertz CT molecular complexity index is 237. The summed E-state index contributed by atoms with van der Waals surface area (Å²) < 4.78 is 0. The van der Waals surface area contributed by atoms with Crippen LogP contribution < -0.4 is 5.32 Å². The zero-order valence-corrected chi connectivity index (χ0v) is 11.4. The Morgan fingerprint density at radius 2 is 2.00 bits per heavy atom. The van der Waals surface area contributed by atoms with Crippen LogP contribution in [0.5, 0.6) is 0 Å². The van der Waals surface area contributed by atoms with Gasteiger partial charge < -0.3 is 10.2 Å². The van der Waals surface area contributed by atoms with Gasteiger partial charge in [-0.3, -0.25) is 0 Å². The highest BCUT2D eigenvalue weighted by molar-refractivity contribution is 4.93. The van der Waals surface area contributed by atoms with Gasteiger partial charge in [-0.25, -0.2) is 0 Å². The fourth-order valence-corrected chi connectivity index (χ4v) is 3.36. The molecule has 1 saturated heterocycles. The molecular formula is C14H28N2. The highest BCUT2D eigenvalue weighted by Crippen LogP contribution is 2.37. The second kappa shape index (κ2) is 4.66. The molecule has 2 fully saturated rings. The first kappa shape index (κ1) is 12.4. The topological polar surface area (TPSA) is 15.3 Å². The van der Waals surface area contributed by atoms with Crippen molar-refractivity contribution >= 4 is 0 Å². The highest BCUT2D eigenvalue weighted by atomic mass is 15.1. The molecule has 3 unspecified atom stereocenters. The molecule has 0 spiro atoms. The minimum atomic E-state index is 0.520. The fraction of sp³-hybridized carbons (Fsp3) is 1.00. The lowest BCUT2D eigenvalue weighted by Gasteiger charge is -2.39. The number of hydrogen-bond acceptors (Lipinski definition) is 2. The van der Waals surface area contributed by atoms with Crippen molar-refractivity contribution in [1.82, 2.24) is 10.2 Å². The maximum absolute atomic E-state index is 3.93. The van der Waals surface area contributed by atoms with Gasteiger partial charge in [0.15, 0.2) is 0 Å². The van der Waals surface area contributed by atoms with E-state index in [2.05, 4.69) is 38.0 Å². The summed E-state index contributed by atoms with van der Waals surface area (Å²) in [6, 6.07) is 2.26. The number of nitrogens with one attached hydrogen (secondary N) is 1. The number of piperidine rings is 1. The first-order valence-corrected chi connectivity index (χ1v) is 6.95. The Hall–Kier alpha value is -0.0800. The lowest BCUT2D eigenvalue weighted by Crippen LogP contribution is -2.50. The van der Waals surface area contributed by atoms with Gasteiger partial charge in [-0.1, -0.05) is 20.3 Å². The Morgan fingerprint density at radius 3 is 2.56 bits per heavy atom.